The topological polar surface area (TPSA) is 32.7 Å². The summed E-state index contributed by atoms with van der Waals surface area (Å²) in [4.78, 5) is 2.28. The van der Waals surface area contributed by atoms with Crippen LogP contribution in [0.3, 0.4) is 0 Å². The van der Waals surface area contributed by atoms with Gasteiger partial charge in [0.2, 0.25) is 0 Å². The Kier molecular flexibility index (Phi) is 3.27. The van der Waals surface area contributed by atoms with Gasteiger partial charge in [-0.25, -0.2) is 0 Å². The highest BCUT2D eigenvalue weighted by Crippen LogP contribution is 2.33. The van der Waals surface area contributed by atoms with Crippen LogP contribution < -0.4 is 4.74 Å². The van der Waals surface area contributed by atoms with Gasteiger partial charge in [-0.05, 0) is 43.4 Å². The number of benzene rings is 1. The monoisotopic (exact) mass is 247 g/mol. The van der Waals surface area contributed by atoms with Crippen LogP contribution >= 0.6 is 0 Å². The largest absolute Gasteiger partial charge is 0.488 e. The lowest BCUT2D eigenvalue weighted by molar-refractivity contribution is -0.0125. The fourth-order valence-electron chi connectivity index (χ4n) is 2.52. The normalized spacial score (nSPS) is 22.6. The molecule has 1 aliphatic heterocycles. The Hall–Kier alpha value is -1.06. The Morgan fingerprint density at radius 2 is 2.17 bits per heavy atom. The lowest BCUT2D eigenvalue weighted by Gasteiger charge is -2.40. The molecule has 3 heteroatoms. The molecule has 1 heterocycles. The maximum absolute atomic E-state index is 9.85. The number of β-amino-alcohol motifs (C(OH)–C–C–N with tert-alkyl or cyclic N) is 1. The van der Waals surface area contributed by atoms with Crippen LogP contribution in [0.1, 0.15) is 18.4 Å². The molecule has 3 nitrogen and oxygen atoms in total. The maximum atomic E-state index is 9.85. The number of ether oxygens (including phenoxy) is 1. The summed E-state index contributed by atoms with van der Waals surface area (Å²) in [5, 5.41) is 9.85. The number of likely N-dealkylation sites (tertiary alicyclic amines) is 1. The molecule has 0 amide bonds. The summed E-state index contributed by atoms with van der Waals surface area (Å²) in [5.41, 5.74) is 1.23. The molecule has 0 radical (unpaired) electrons. The van der Waals surface area contributed by atoms with Crippen LogP contribution in [-0.4, -0.2) is 41.8 Å². The van der Waals surface area contributed by atoms with E-state index in [-0.39, 0.29) is 6.10 Å². The molecule has 1 atom stereocenters. The molecule has 1 N–H and O–H groups in total. The first kappa shape index (κ1) is 12.0. The van der Waals surface area contributed by atoms with E-state index in [1.54, 1.807) is 0 Å². The van der Waals surface area contributed by atoms with Crippen LogP contribution in [0.15, 0.2) is 24.3 Å². The maximum Gasteiger partial charge on any atom is 0.124 e. The molecule has 2 fully saturated rings. The summed E-state index contributed by atoms with van der Waals surface area (Å²) in [6.07, 6.45) is 2.58. The second kappa shape index (κ2) is 4.90. The first-order valence-corrected chi connectivity index (χ1v) is 6.84. The van der Waals surface area contributed by atoms with Gasteiger partial charge in [-0.3, -0.25) is 4.90 Å². The smallest absolute Gasteiger partial charge is 0.124 e. The van der Waals surface area contributed by atoms with E-state index in [9.17, 15) is 5.11 Å². The first-order valence-electron chi connectivity index (χ1n) is 6.84. The summed E-state index contributed by atoms with van der Waals surface area (Å²) in [6.45, 7) is 4.78. The minimum atomic E-state index is -0.120. The molecule has 1 unspecified atom stereocenters. The van der Waals surface area contributed by atoms with E-state index in [4.69, 9.17) is 4.74 Å². The standard InChI is InChI=1S/C15H21NO2/c1-11-3-2-4-13(7-11)18-14-8-16(9-14)10-15(17)12-5-6-12/h2-4,7,12,14-15,17H,5-6,8-10H2,1H3. The van der Waals surface area contributed by atoms with Crippen molar-refractivity contribution in [2.45, 2.75) is 32.0 Å². The minimum absolute atomic E-state index is 0.120. The molecule has 2 aliphatic rings. The number of hydrogen-bond acceptors (Lipinski definition) is 3. The zero-order valence-corrected chi connectivity index (χ0v) is 10.9. The number of nitrogens with zero attached hydrogens (tertiary/aromatic N) is 1. The van der Waals surface area contributed by atoms with Crippen molar-refractivity contribution in [3.8, 4) is 5.75 Å². The van der Waals surface area contributed by atoms with Crippen LogP contribution in [-0.2, 0) is 0 Å². The predicted molar refractivity (Wildman–Crippen MR) is 70.8 cm³/mol. The van der Waals surface area contributed by atoms with Crippen molar-refractivity contribution in [1.82, 2.24) is 4.90 Å². The van der Waals surface area contributed by atoms with Crippen LogP contribution in [0, 0.1) is 12.8 Å². The highest BCUT2D eigenvalue weighted by atomic mass is 16.5. The van der Waals surface area contributed by atoms with E-state index in [1.807, 2.05) is 12.1 Å². The predicted octanol–water partition coefficient (Wildman–Crippen LogP) is 1.83. The third-order valence-corrected chi connectivity index (χ3v) is 3.83. The van der Waals surface area contributed by atoms with Gasteiger partial charge in [-0.2, -0.15) is 0 Å². The third kappa shape index (κ3) is 2.85. The Labute approximate surface area is 108 Å². The summed E-state index contributed by atoms with van der Waals surface area (Å²) in [7, 11) is 0. The average molecular weight is 247 g/mol. The second-order valence-electron chi connectivity index (χ2n) is 5.68. The number of rotatable bonds is 5. The highest BCUT2D eigenvalue weighted by Gasteiger charge is 2.35. The quantitative estimate of drug-likeness (QED) is 0.861. The fraction of sp³-hybridized carbons (Fsp3) is 0.600. The third-order valence-electron chi connectivity index (χ3n) is 3.83. The van der Waals surface area contributed by atoms with Crippen molar-refractivity contribution < 1.29 is 9.84 Å². The molecule has 1 saturated heterocycles. The number of hydrogen-bond donors (Lipinski definition) is 1. The summed E-state index contributed by atoms with van der Waals surface area (Å²) >= 11 is 0. The van der Waals surface area contributed by atoms with Gasteiger partial charge in [-0.1, -0.05) is 12.1 Å². The SMILES string of the molecule is Cc1cccc(OC2CN(CC(O)C3CC3)C2)c1. The molecule has 18 heavy (non-hydrogen) atoms. The van der Waals surface area contributed by atoms with Gasteiger partial charge in [0, 0.05) is 19.6 Å². The van der Waals surface area contributed by atoms with E-state index in [1.165, 1.54) is 18.4 Å². The Balaban J connectivity index is 1.42. The number of aliphatic hydroxyl groups is 1. The van der Waals surface area contributed by atoms with Gasteiger partial charge in [0.05, 0.1) is 6.10 Å². The summed E-state index contributed by atoms with van der Waals surface area (Å²) in [5.74, 6) is 1.53. The van der Waals surface area contributed by atoms with E-state index < -0.39 is 0 Å². The minimum Gasteiger partial charge on any atom is -0.488 e. The van der Waals surface area contributed by atoms with E-state index >= 15 is 0 Å². The zero-order valence-electron chi connectivity index (χ0n) is 10.9. The molecule has 0 bridgehead atoms. The van der Waals surface area contributed by atoms with Crippen molar-refractivity contribution in [2.24, 2.45) is 5.92 Å². The van der Waals surface area contributed by atoms with E-state index in [2.05, 4.69) is 24.0 Å². The molecule has 1 aliphatic carbocycles. The lowest BCUT2D eigenvalue weighted by atomic mass is 10.1. The van der Waals surface area contributed by atoms with Gasteiger partial charge in [0.15, 0.2) is 0 Å². The molecule has 0 spiro atoms. The van der Waals surface area contributed by atoms with E-state index in [0.29, 0.717) is 12.0 Å². The van der Waals surface area contributed by atoms with Crippen molar-refractivity contribution in [2.75, 3.05) is 19.6 Å². The fourth-order valence-corrected chi connectivity index (χ4v) is 2.52. The van der Waals surface area contributed by atoms with Gasteiger partial charge in [0.1, 0.15) is 11.9 Å². The van der Waals surface area contributed by atoms with Crippen LogP contribution in [0.2, 0.25) is 0 Å². The molecular formula is C15H21NO2. The number of aliphatic hydroxyl groups excluding tert-OH is 1. The average Bonchev–Trinajstić information content (AvgIpc) is 3.09. The van der Waals surface area contributed by atoms with Gasteiger partial charge >= 0.3 is 0 Å². The Morgan fingerprint density at radius 3 is 2.83 bits per heavy atom. The summed E-state index contributed by atoms with van der Waals surface area (Å²) in [6, 6.07) is 8.18. The van der Waals surface area contributed by atoms with Crippen molar-refractivity contribution >= 4 is 0 Å². The molecule has 1 aromatic rings. The molecule has 98 valence electrons. The van der Waals surface area contributed by atoms with Crippen molar-refractivity contribution in [3.63, 3.8) is 0 Å². The lowest BCUT2D eigenvalue weighted by Crippen LogP contribution is -2.55. The first-order chi connectivity index (χ1) is 8.70. The van der Waals surface area contributed by atoms with Crippen LogP contribution in [0.4, 0.5) is 0 Å². The van der Waals surface area contributed by atoms with Crippen molar-refractivity contribution in [1.29, 1.82) is 0 Å². The Bertz CT molecular complexity index is 411. The summed E-state index contributed by atoms with van der Waals surface area (Å²) < 4.78 is 5.90. The zero-order chi connectivity index (χ0) is 12.5. The molecule has 1 aromatic carbocycles. The number of aryl methyl sites for hydroxylation is 1. The van der Waals surface area contributed by atoms with E-state index in [0.717, 1.165) is 25.4 Å². The highest BCUT2D eigenvalue weighted by molar-refractivity contribution is 5.27. The molecule has 1 saturated carbocycles. The van der Waals surface area contributed by atoms with Gasteiger partial charge in [-0.15, -0.1) is 0 Å². The van der Waals surface area contributed by atoms with Gasteiger partial charge < -0.3 is 9.84 Å². The Morgan fingerprint density at radius 1 is 1.39 bits per heavy atom. The van der Waals surface area contributed by atoms with Crippen LogP contribution in [0.25, 0.3) is 0 Å². The molecule has 0 aromatic heterocycles. The second-order valence-corrected chi connectivity index (χ2v) is 5.68. The van der Waals surface area contributed by atoms with Crippen molar-refractivity contribution in [3.05, 3.63) is 29.8 Å². The van der Waals surface area contributed by atoms with Crippen LogP contribution in [0.5, 0.6) is 5.75 Å². The molecule has 3 rings (SSSR count). The molecular weight excluding hydrogens is 226 g/mol. The van der Waals surface area contributed by atoms with Gasteiger partial charge in [0.25, 0.3) is 0 Å².